The summed E-state index contributed by atoms with van der Waals surface area (Å²) in [5, 5.41) is 11.2. The van der Waals surface area contributed by atoms with Crippen LogP contribution in [0.15, 0.2) is 12.2 Å². The number of hydrogen-bond donors (Lipinski definition) is 1. The van der Waals surface area contributed by atoms with E-state index < -0.39 is 0 Å². The van der Waals surface area contributed by atoms with Crippen LogP contribution in [0.3, 0.4) is 0 Å². The van der Waals surface area contributed by atoms with Crippen molar-refractivity contribution in [3.05, 3.63) is 12.2 Å². The molecule has 118 valence electrons. The van der Waals surface area contributed by atoms with Crippen LogP contribution in [0, 0.1) is 39.9 Å². The first-order valence-electron chi connectivity index (χ1n) is 9.66. The number of nitrogens with zero attached hydrogens (tertiary/aromatic N) is 1. The summed E-state index contributed by atoms with van der Waals surface area (Å²) < 4.78 is 0. The second kappa shape index (κ2) is 2.99. The van der Waals surface area contributed by atoms with Gasteiger partial charge in [-0.25, -0.2) is 0 Å². The smallest absolute Gasteiger partial charge is 0.0813 e. The Kier molecular flexibility index (Phi) is 1.64. The molecule has 2 heteroatoms. The summed E-state index contributed by atoms with van der Waals surface area (Å²) in [4.78, 5) is 2.98. The average Bonchev–Trinajstić information content (AvgIpc) is 2.90. The first-order valence-corrected chi connectivity index (χ1v) is 9.66. The third-order valence-electron chi connectivity index (χ3n) is 10.3. The van der Waals surface area contributed by atoms with Crippen molar-refractivity contribution >= 4 is 0 Å². The predicted octanol–water partition coefficient (Wildman–Crippen LogP) is 2.82. The van der Waals surface area contributed by atoms with Crippen molar-refractivity contribution < 1.29 is 5.11 Å². The molecular formula is C20H27NO. The van der Waals surface area contributed by atoms with E-state index in [-0.39, 0.29) is 11.5 Å². The molecule has 3 aliphatic heterocycles. The molecule has 11 atom stereocenters. The molecule has 6 aliphatic carbocycles. The minimum absolute atomic E-state index is 0.172. The van der Waals surface area contributed by atoms with Gasteiger partial charge in [0.05, 0.1) is 6.10 Å². The quantitative estimate of drug-likeness (QED) is 0.695. The molecule has 3 saturated heterocycles. The van der Waals surface area contributed by atoms with E-state index in [0.717, 1.165) is 29.8 Å². The van der Waals surface area contributed by atoms with Crippen molar-refractivity contribution in [1.29, 1.82) is 0 Å². The second-order valence-electron chi connectivity index (χ2n) is 10.4. The van der Waals surface area contributed by atoms with Gasteiger partial charge < -0.3 is 5.11 Å². The zero-order chi connectivity index (χ0) is 14.6. The second-order valence-corrected chi connectivity index (χ2v) is 10.4. The number of fused-ring (bicyclic) bond motifs is 1. The monoisotopic (exact) mass is 297 g/mol. The van der Waals surface area contributed by atoms with Crippen LogP contribution < -0.4 is 0 Å². The first kappa shape index (κ1) is 12.1. The normalized spacial score (nSPS) is 75.1. The maximum atomic E-state index is 11.2. The maximum Gasteiger partial charge on any atom is 0.0813 e. The molecule has 0 aromatic rings. The molecule has 3 heterocycles. The van der Waals surface area contributed by atoms with Crippen LogP contribution in [0.2, 0.25) is 0 Å². The molecule has 0 aromatic carbocycles. The molecule has 2 spiro atoms. The van der Waals surface area contributed by atoms with Gasteiger partial charge in [0.2, 0.25) is 0 Å². The summed E-state index contributed by atoms with van der Waals surface area (Å²) in [6.45, 7) is 8.32. The molecule has 6 saturated carbocycles. The van der Waals surface area contributed by atoms with E-state index in [0.29, 0.717) is 16.7 Å². The Bertz CT molecular complexity index is 644. The maximum absolute atomic E-state index is 11.2. The Labute approximate surface area is 132 Å². The summed E-state index contributed by atoms with van der Waals surface area (Å²) in [5.41, 5.74) is 2.65. The van der Waals surface area contributed by atoms with Crippen LogP contribution in [0.1, 0.15) is 45.4 Å². The fourth-order valence-corrected chi connectivity index (χ4v) is 10.4. The Hall–Kier alpha value is -0.340. The third kappa shape index (κ3) is 0.815. The molecule has 0 radical (unpaired) electrons. The summed E-state index contributed by atoms with van der Waals surface area (Å²) in [6, 6.07) is 1.64. The third-order valence-corrected chi connectivity index (χ3v) is 10.3. The fraction of sp³-hybridized carbons (Fsp3) is 0.900. The lowest BCUT2D eigenvalue weighted by Crippen LogP contribution is -2.63. The van der Waals surface area contributed by atoms with Crippen molar-refractivity contribution in [1.82, 2.24) is 4.90 Å². The SMILES string of the molecule is C=C1[C@@H]2C[C@@H]3[C@]4(C[C@H]5[C@@H]6[C@@]7(C)CCC[C@@]36[C@@H]([C@H]4C2)N5C7)[C@@H]1O. The van der Waals surface area contributed by atoms with Crippen LogP contribution >= 0.6 is 0 Å². The lowest BCUT2D eigenvalue weighted by molar-refractivity contribution is -0.166. The summed E-state index contributed by atoms with van der Waals surface area (Å²) in [7, 11) is 0. The summed E-state index contributed by atoms with van der Waals surface area (Å²) >= 11 is 0. The number of hydrogen-bond acceptors (Lipinski definition) is 2. The molecule has 0 amide bonds. The van der Waals surface area contributed by atoms with Gasteiger partial charge in [-0.1, -0.05) is 19.9 Å². The highest BCUT2D eigenvalue weighted by Gasteiger charge is 2.87. The van der Waals surface area contributed by atoms with Gasteiger partial charge in [-0.15, -0.1) is 0 Å². The van der Waals surface area contributed by atoms with Gasteiger partial charge in [0.15, 0.2) is 0 Å². The van der Waals surface area contributed by atoms with Crippen molar-refractivity contribution in [3.63, 3.8) is 0 Å². The number of piperidine rings is 2. The van der Waals surface area contributed by atoms with Gasteiger partial charge in [0, 0.05) is 24.0 Å². The number of rotatable bonds is 0. The largest absolute Gasteiger partial charge is 0.388 e. The van der Waals surface area contributed by atoms with E-state index in [1.807, 2.05) is 0 Å². The van der Waals surface area contributed by atoms with E-state index in [1.54, 1.807) is 0 Å². The Morgan fingerprint density at radius 3 is 2.95 bits per heavy atom. The van der Waals surface area contributed by atoms with Crippen LogP contribution in [0.4, 0.5) is 0 Å². The predicted molar refractivity (Wildman–Crippen MR) is 84.1 cm³/mol. The highest BCUT2D eigenvalue weighted by Crippen LogP contribution is 2.86. The van der Waals surface area contributed by atoms with Crippen LogP contribution in [-0.2, 0) is 0 Å². The molecule has 22 heavy (non-hydrogen) atoms. The van der Waals surface area contributed by atoms with Gasteiger partial charge in [0.1, 0.15) is 0 Å². The highest BCUT2D eigenvalue weighted by atomic mass is 16.3. The summed E-state index contributed by atoms with van der Waals surface area (Å²) in [6.07, 6.45) is 8.23. The van der Waals surface area contributed by atoms with Gasteiger partial charge in [0.25, 0.3) is 0 Å². The minimum Gasteiger partial charge on any atom is -0.388 e. The first-order chi connectivity index (χ1) is 10.5. The Morgan fingerprint density at radius 1 is 1.23 bits per heavy atom. The fourth-order valence-electron chi connectivity index (χ4n) is 10.4. The topological polar surface area (TPSA) is 23.5 Å². The lowest BCUT2D eigenvalue weighted by atomic mass is 9.40. The average molecular weight is 297 g/mol. The van der Waals surface area contributed by atoms with Crippen molar-refractivity contribution in [2.24, 2.45) is 39.9 Å². The number of aliphatic hydroxyl groups excluding tert-OH is 1. The Morgan fingerprint density at radius 2 is 2.09 bits per heavy atom. The molecule has 2 nitrogen and oxygen atoms in total. The molecule has 1 unspecified atom stereocenters. The molecule has 9 bridgehead atoms. The standard InChI is InChI=1S/C20H27NO/c1-10-11-6-12-16-19-5-3-4-18(2)9-21(16)13(15(18)19)8-20(12,17(10)22)14(19)7-11/h11-17,22H,1,3-9H2,2H3/t11-,12+,13-,14-,15+,16+,17+,18-,19+,20+/m0/s1. The lowest BCUT2D eigenvalue weighted by Gasteiger charge is -2.64. The number of aliphatic hydroxyl groups is 1. The van der Waals surface area contributed by atoms with Gasteiger partial charge in [-0.3, -0.25) is 4.90 Å². The Balaban J connectivity index is 1.53. The van der Waals surface area contributed by atoms with E-state index >= 15 is 0 Å². The molecule has 1 N–H and O–H groups in total. The highest BCUT2D eigenvalue weighted by molar-refractivity contribution is 5.42. The molecule has 0 aromatic heterocycles. The molecular weight excluding hydrogens is 270 g/mol. The molecule has 9 fully saturated rings. The van der Waals surface area contributed by atoms with Crippen LogP contribution in [0.5, 0.6) is 0 Å². The van der Waals surface area contributed by atoms with Crippen LogP contribution in [0.25, 0.3) is 0 Å². The van der Waals surface area contributed by atoms with Crippen molar-refractivity contribution in [2.45, 2.75) is 63.6 Å². The van der Waals surface area contributed by atoms with E-state index in [2.05, 4.69) is 18.4 Å². The van der Waals surface area contributed by atoms with E-state index in [1.165, 1.54) is 50.6 Å². The van der Waals surface area contributed by atoms with Gasteiger partial charge in [-0.05, 0) is 72.2 Å². The minimum atomic E-state index is -0.172. The molecule has 9 aliphatic rings. The van der Waals surface area contributed by atoms with Crippen LogP contribution in [-0.4, -0.2) is 34.7 Å². The zero-order valence-corrected chi connectivity index (χ0v) is 13.6. The van der Waals surface area contributed by atoms with Gasteiger partial charge >= 0.3 is 0 Å². The van der Waals surface area contributed by atoms with Crippen molar-refractivity contribution in [2.75, 3.05) is 6.54 Å². The van der Waals surface area contributed by atoms with Crippen molar-refractivity contribution in [3.8, 4) is 0 Å². The molecule has 9 rings (SSSR count). The summed E-state index contributed by atoms with van der Waals surface area (Å²) in [5.74, 6) is 3.21. The van der Waals surface area contributed by atoms with E-state index in [4.69, 9.17) is 0 Å². The van der Waals surface area contributed by atoms with Gasteiger partial charge in [-0.2, -0.15) is 0 Å². The zero-order valence-electron chi connectivity index (χ0n) is 13.6. The van der Waals surface area contributed by atoms with E-state index in [9.17, 15) is 5.11 Å².